The van der Waals surface area contributed by atoms with Crippen LogP contribution in [0, 0.1) is 5.82 Å². The molecule has 1 saturated heterocycles. The van der Waals surface area contributed by atoms with Gasteiger partial charge in [0.25, 0.3) is 0 Å². The third-order valence-corrected chi connectivity index (χ3v) is 4.79. The van der Waals surface area contributed by atoms with E-state index in [4.69, 9.17) is 0 Å². The van der Waals surface area contributed by atoms with Gasteiger partial charge in [0.15, 0.2) is 0 Å². The largest absolute Gasteiger partial charge is 0.534 e. The number of rotatable bonds is 4. The second-order valence-electron chi connectivity index (χ2n) is 5.51. The Balaban J connectivity index is 1.78. The summed E-state index contributed by atoms with van der Waals surface area (Å²) < 4.78 is 75.9. The van der Waals surface area contributed by atoms with Crippen LogP contribution in [0.4, 0.5) is 23.2 Å². The molecule has 3 rings (SSSR count). The summed E-state index contributed by atoms with van der Waals surface area (Å²) in [6.07, 6.45) is 0.165. The van der Waals surface area contributed by atoms with E-state index in [9.17, 15) is 30.8 Å². The quantitative estimate of drug-likeness (QED) is 0.347. The molecule has 0 spiro atoms. The van der Waals surface area contributed by atoms with Gasteiger partial charge in [-0.2, -0.15) is 21.6 Å². The monoisotopic (exact) mass is 389 g/mol. The zero-order valence-corrected chi connectivity index (χ0v) is 13.7. The van der Waals surface area contributed by atoms with Crippen LogP contribution in [0.2, 0.25) is 0 Å². The van der Waals surface area contributed by atoms with Crippen LogP contribution in [0.5, 0.6) is 5.75 Å². The molecule has 1 atom stereocenters. The Labute approximate surface area is 145 Å². The van der Waals surface area contributed by atoms with Crippen molar-refractivity contribution < 1.29 is 35.0 Å². The average Bonchev–Trinajstić information content (AvgIpc) is 2.54. The van der Waals surface area contributed by atoms with E-state index in [0.29, 0.717) is 11.3 Å². The van der Waals surface area contributed by atoms with Gasteiger partial charge in [0, 0.05) is 5.69 Å². The summed E-state index contributed by atoms with van der Waals surface area (Å²) >= 11 is 0. The maximum Gasteiger partial charge on any atom is 0.534 e. The van der Waals surface area contributed by atoms with Gasteiger partial charge in [-0.3, -0.25) is 4.79 Å². The van der Waals surface area contributed by atoms with Crippen LogP contribution in [0.25, 0.3) is 0 Å². The Kier molecular flexibility index (Phi) is 4.39. The SMILES string of the molecule is O=C1C[C@@H](c2ccc(OS(=O)(=O)C(F)(F)F)cc2)N1c1ccc(F)cc1. The molecule has 138 valence electrons. The molecular weight excluding hydrogens is 378 g/mol. The Hall–Kier alpha value is -2.62. The molecule has 0 radical (unpaired) electrons. The van der Waals surface area contributed by atoms with Crippen molar-refractivity contribution in [1.29, 1.82) is 0 Å². The number of carbonyl (C=O) groups is 1. The summed E-state index contributed by atoms with van der Waals surface area (Å²) in [6.45, 7) is 0. The van der Waals surface area contributed by atoms with Crippen molar-refractivity contribution in [3.8, 4) is 5.75 Å². The van der Waals surface area contributed by atoms with Crippen molar-refractivity contribution in [3.05, 3.63) is 59.9 Å². The summed E-state index contributed by atoms with van der Waals surface area (Å²) in [6, 6.07) is 9.78. The molecule has 0 aromatic heterocycles. The van der Waals surface area contributed by atoms with Gasteiger partial charge in [-0.1, -0.05) is 12.1 Å². The lowest BCUT2D eigenvalue weighted by Crippen LogP contribution is -2.46. The van der Waals surface area contributed by atoms with Crippen molar-refractivity contribution in [2.75, 3.05) is 4.90 Å². The normalized spacial score (nSPS) is 17.8. The van der Waals surface area contributed by atoms with Crippen molar-refractivity contribution in [2.45, 2.75) is 18.0 Å². The number of hydrogen-bond donors (Lipinski definition) is 0. The van der Waals surface area contributed by atoms with E-state index < -0.39 is 27.2 Å². The van der Waals surface area contributed by atoms with Gasteiger partial charge in [0.2, 0.25) is 5.91 Å². The molecule has 1 aliphatic heterocycles. The van der Waals surface area contributed by atoms with E-state index in [1.54, 1.807) is 0 Å². The van der Waals surface area contributed by atoms with Crippen molar-refractivity contribution in [2.24, 2.45) is 0 Å². The van der Waals surface area contributed by atoms with Crippen LogP contribution in [-0.2, 0) is 14.9 Å². The molecule has 26 heavy (non-hydrogen) atoms. The maximum absolute atomic E-state index is 13.0. The molecule has 0 unspecified atom stereocenters. The molecular formula is C16H11F4NO4S. The van der Waals surface area contributed by atoms with Crippen molar-refractivity contribution in [3.63, 3.8) is 0 Å². The highest BCUT2D eigenvalue weighted by Crippen LogP contribution is 2.39. The minimum atomic E-state index is -5.74. The molecule has 0 saturated carbocycles. The van der Waals surface area contributed by atoms with Gasteiger partial charge in [0.05, 0.1) is 12.5 Å². The number of benzene rings is 2. The van der Waals surface area contributed by atoms with Crippen LogP contribution in [0.1, 0.15) is 18.0 Å². The van der Waals surface area contributed by atoms with E-state index in [1.807, 2.05) is 0 Å². The number of carbonyl (C=O) groups excluding carboxylic acids is 1. The Morgan fingerprint density at radius 2 is 1.58 bits per heavy atom. The molecule has 0 bridgehead atoms. The zero-order chi connectivity index (χ0) is 19.1. The predicted molar refractivity (Wildman–Crippen MR) is 83.3 cm³/mol. The molecule has 0 N–H and O–H groups in total. The van der Waals surface area contributed by atoms with E-state index in [0.717, 1.165) is 12.1 Å². The van der Waals surface area contributed by atoms with Crippen molar-refractivity contribution >= 4 is 21.7 Å². The molecule has 2 aromatic carbocycles. The van der Waals surface area contributed by atoms with Crippen LogP contribution < -0.4 is 9.08 Å². The lowest BCUT2D eigenvalue weighted by Gasteiger charge is -2.40. The van der Waals surface area contributed by atoms with Gasteiger partial charge in [-0.25, -0.2) is 4.39 Å². The summed E-state index contributed by atoms with van der Waals surface area (Å²) in [5.41, 5.74) is -4.47. The maximum atomic E-state index is 13.0. The Morgan fingerprint density at radius 1 is 1.00 bits per heavy atom. The number of amides is 1. The molecule has 2 aromatic rings. The lowest BCUT2D eigenvalue weighted by molar-refractivity contribution is -0.124. The van der Waals surface area contributed by atoms with Gasteiger partial charge >= 0.3 is 15.6 Å². The fraction of sp³-hybridized carbons (Fsp3) is 0.188. The highest BCUT2D eigenvalue weighted by molar-refractivity contribution is 7.88. The number of anilines is 1. The number of nitrogens with zero attached hydrogens (tertiary/aromatic N) is 1. The number of β-lactam (4-membered cyclic amide) rings is 1. The fourth-order valence-corrected chi connectivity index (χ4v) is 2.99. The first-order valence-corrected chi connectivity index (χ1v) is 8.68. The van der Waals surface area contributed by atoms with Gasteiger partial charge < -0.3 is 9.08 Å². The summed E-state index contributed by atoms with van der Waals surface area (Å²) in [7, 11) is -5.74. The molecule has 1 fully saturated rings. The summed E-state index contributed by atoms with van der Waals surface area (Å²) in [5, 5.41) is 0. The zero-order valence-electron chi connectivity index (χ0n) is 12.9. The second-order valence-corrected chi connectivity index (χ2v) is 7.05. The highest BCUT2D eigenvalue weighted by Gasteiger charge is 2.48. The first-order chi connectivity index (χ1) is 12.1. The first-order valence-electron chi connectivity index (χ1n) is 7.27. The van der Waals surface area contributed by atoms with Crippen LogP contribution >= 0.6 is 0 Å². The van der Waals surface area contributed by atoms with Crippen LogP contribution in [0.3, 0.4) is 0 Å². The molecule has 5 nitrogen and oxygen atoms in total. The molecule has 1 aliphatic rings. The van der Waals surface area contributed by atoms with Gasteiger partial charge in [-0.05, 0) is 42.0 Å². The van der Waals surface area contributed by atoms with Crippen molar-refractivity contribution in [1.82, 2.24) is 0 Å². The summed E-state index contributed by atoms with van der Waals surface area (Å²) in [5.74, 6) is -1.14. The van der Waals surface area contributed by atoms with E-state index in [1.165, 1.54) is 41.3 Å². The third-order valence-electron chi connectivity index (χ3n) is 3.81. The number of alkyl halides is 3. The van der Waals surface area contributed by atoms with Gasteiger partial charge in [-0.15, -0.1) is 0 Å². The first kappa shape index (κ1) is 18.2. The van der Waals surface area contributed by atoms with E-state index in [2.05, 4.69) is 4.18 Å². The Morgan fingerprint density at radius 3 is 2.08 bits per heavy atom. The van der Waals surface area contributed by atoms with E-state index >= 15 is 0 Å². The third kappa shape index (κ3) is 3.36. The van der Waals surface area contributed by atoms with Gasteiger partial charge in [0.1, 0.15) is 11.6 Å². The molecule has 10 heteroatoms. The summed E-state index contributed by atoms with van der Waals surface area (Å²) in [4.78, 5) is 13.3. The lowest BCUT2D eigenvalue weighted by atomic mass is 9.93. The standard InChI is InChI=1S/C16H11F4NO4S/c17-11-3-5-12(6-4-11)21-14(9-15(21)22)10-1-7-13(8-2-10)25-26(23,24)16(18,19)20/h1-8,14H,9H2/t14-/m0/s1. The Bertz CT molecular complexity index is 924. The fourth-order valence-electron chi connectivity index (χ4n) is 2.53. The minimum absolute atomic E-state index is 0.165. The predicted octanol–water partition coefficient (Wildman–Crippen LogP) is 3.53. The molecule has 0 aliphatic carbocycles. The molecule has 1 amide bonds. The number of hydrogen-bond acceptors (Lipinski definition) is 4. The average molecular weight is 389 g/mol. The number of halogens is 4. The van der Waals surface area contributed by atoms with E-state index in [-0.39, 0.29) is 18.4 Å². The topological polar surface area (TPSA) is 63.7 Å². The molecule has 1 heterocycles. The van der Waals surface area contributed by atoms with Crippen LogP contribution in [-0.4, -0.2) is 19.8 Å². The van der Waals surface area contributed by atoms with Crippen LogP contribution in [0.15, 0.2) is 48.5 Å². The highest BCUT2D eigenvalue weighted by atomic mass is 32.2. The minimum Gasteiger partial charge on any atom is -0.376 e. The second kappa shape index (κ2) is 6.27. The smallest absolute Gasteiger partial charge is 0.376 e.